The van der Waals surface area contributed by atoms with Crippen LogP contribution in [0.2, 0.25) is 0 Å². The van der Waals surface area contributed by atoms with Crippen molar-refractivity contribution in [1.29, 1.82) is 0 Å². The molecular formula is C23H27N3O4S2. The number of sulfonamides is 1. The summed E-state index contributed by atoms with van der Waals surface area (Å²) in [6.07, 6.45) is 2.54. The molecule has 7 nitrogen and oxygen atoms in total. The fraction of sp³-hybridized carbons (Fsp3) is 0.261. The van der Waals surface area contributed by atoms with Gasteiger partial charge in [-0.2, -0.15) is 0 Å². The lowest BCUT2D eigenvalue weighted by Crippen LogP contribution is -2.31. The molecule has 1 heterocycles. The van der Waals surface area contributed by atoms with E-state index in [9.17, 15) is 16.8 Å². The van der Waals surface area contributed by atoms with E-state index in [0.717, 1.165) is 5.56 Å². The third-order valence-corrected chi connectivity index (χ3v) is 8.39. The lowest BCUT2D eigenvalue weighted by molar-refractivity contribution is 0.591. The molecule has 170 valence electrons. The molecule has 0 bridgehead atoms. The van der Waals surface area contributed by atoms with E-state index in [1.165, 1.54) is 16.8 Å². The predicted molar refractivity (Wildman–Crippen MR) is 127 cm³/mol. The molecule has 3 rings (SSSR count). The Morgan fingerprint density at radius 2 is 1.47 bits per heavy atom. The summed E-state index contributed by atoms with van der Waals surface area (Å²) >= 11 is 0. The molecular weight excluding hydrogens is 446 g/mol. The number of aromatic nitrogens is 1. The molecule has 0 saturated heterocycles. The minimum atomic E-state index is -3.74. The van der Waals surface area contributed by atoms with Gasteiger partial charge in [0.05, 0.1) is 16.6 Å². The smallest absolute Gasteiger partial charge is 0.265 e. The molecule has 0 spiro atoms. The number of nitrogens with zero attached hydrogens (tertiary/aromatic N) is 3. The Morgan fingerprint density at radius 1 is 0.875 bits per heavy atom. The van der Waals surface area contributed by atoms with Crippen LogP contribution in [0.4, 0.5) is 11.5 Å². The van der Waals surface area contributed by atoms with Crippen molar-refractivity contribution in [3.05, 3.63) is 78.5 Å². The summed E-state index contributed by atoms with van der Waals surface area (Å²) in [6, 6.07) is 18.8. The molecule has 0 aliphatic rings. The molecule has 1 atom stereocenters. The quantitative estimate of drug-likeness (QED) is 0.493. The Hall–Kier alpha value is -2.91. The van der Waals surface area contributed by atoms with Gasteiger partial charge in [-0.05, 0) is 55.8 Å². The molecule has 9 heteroatoms. The molecule has 0 saturated carbocycles. The molecule has 32 heavy (non-hydrogen) atoms. The van der Waals surface area contributed by atoms with E-state index in [4.69, 9.17) is 0 Å². The lowest BCUT2D eigenvalue weighted by Gasteiger charge is -2.27. The minimum Gasteiger partial charge on any atom is -0.353 e. The van der Waals surface area contributed by atoms with Gasteiger partial charge in [0.25, 0.3) is 10.0 Å². The topological polar surface area (TPSA) is 87.7 Å². The lowest BCUT2D eigenvalue weighted by atomic mass is 10.1. The molecule has 0 aliphatic heterocycles. The van der Waals surface area contributed by atoms with Crippen molar-refractivity contribution in [1.82, 2.24) is 4.98 Å². The predicted octanol–water partition coefficient (Wildman–Crippen LogP) is 3.90. The highest BCUT2D eigenvalue weighted by atomic mass is 32.2. The van der Waals surface area contributed by atoms with Crippen LogP contribution in [0.25, 0.3) is 0 Å². The molecule has 1 aromatic heterocycles. The zero-order valence-corrected chi connectivity index (χ0v) is 20.1. The minimum absolute atomic E-state index is 0.102. The van der Waals surface area contributed by atoms with Gasteiger partial charge in [0.15, 0.2) is 9.84 Å². The Balaban J connectivity index is 1.82. The average molecular weight is 474 g/mol. The third kappa shape index (κ3) is 4.94. The van der Waals surface area contributed by atoms with Crippen molar-refractivity contribution in [2.75, 3.05) is 29.1 Å². The van der Waals surface area contributed by atoms with Crippen LogP contribution in [0.3, 0.4) is 0 Å². The van der Waals surface area contributed by atoms with Crippen LogP contribution in [0, 0.1) is 0 Å². The first-order chi connectivity index (χ1) is 15.1. The van der Waals surface area contributed by atoms with Gasteiger partial charge in [-0.15, -0.1) is 0 Å². The Kier molecular flexibility index (Phi) is 6.90. The summed E-state index contributed by atoms with van der Waals surface area (Å²) in [7, 11) is -5.14. The Labute approximate surface area is 190 Å². The SMILES string of the molecule is CCN(c1ccccc1)S(=O)(=O)c1ccc(N(C)C(C)c2ccc(S(C)(=O)=O)cc2)nc1. The maximum atomic E-state index is 13.1. The summed E-state index contributed by atoms with van der Waals surface area (Å²) < 4.78 is 51.0. The van der Waals surface area contributed by atoms with Crippen molar-refractivity contribution in [2.24, 2.45) is 0 Å². The van der Waals surface area contributed by atoms with Crippen LogP contribution in [-0.2, 0) is 19.9 Å². The van der Waals surface area contributed by atoms with E-state index in [-0.39, 0.29) is 15.8 Å². The maximum Gasteiger partial charge on any atom is 0.265 e. The maximum absolute atomic E-state index is 13.1. The number of benzene rings is 2. The second kappa shape index (κ2) is 9.30. The van der Waals surface area contributed by atoms with Crippen molar-refractivity contribution in [3.63, 3.8) is 0 Å². The van der Waals surface area contributed by atoms with Crippen molar-refractivity contribution < 1.29 is 16.8 Å². The van der Waals surface area contributed by atoms with E-state index in [0.29, 0.717) is 18.1 Å². The van der Waals surface area contributed by atoms with Gasteiger partial charge in [-0.25, -0.2) is 21.8 Å². The largest absolute Gasteiger partial charge is 0.353 e. The summed E-state index contributed by atoms with van der Waals surface area (Å²) in [4.78, 5) is 6.67. The van der Waals surface area contributed by atoms with Gasteiger partial charge in [-0.1, -0.05) is 30.3 Å². The number of pyridine rings is 1. The molecule has 3 aromatic rings. The molecule has 2 aromatic carbocycles. The van der Waals surface area contributed by atoms with Gasteiger partial charge in [-0.3, -0.25) is 4.31 Å². The summed E-state index contributed by atoms with van der Waals surface area (Å²) in [6.45, 7) is 4.06. The summed E-state index contributed by atoms with van der Waals surface area (Å²) in [5.74, 6) is 0.603. The van der Waals surface area contributed by atoms with Crippen molar-refractivity contribution in [3.8, 4) is 0 Å². The van der Waals surface area contributed by atoms with E-state index >= 15 is 0 Å². The van der Waals surface area contributed by atoms with Gasteiger partial charge in [0.2, 0.25) is 0 Å². The zero-order chi connectivity index (χ0) is 23.5. The van der Waals surface area contributed by atoms with Crippen LogP contribution in [0.5, 0.6) is 0 Å². The first kappa shape index (κ1) is 23.7. The second-order valence-electron chi connectivity index (χ2n) is 7.49. The first-order valence-electron chi connectivity index (χ1n) is 10.1. The van der Waals surface area contributed by atoms with Gasteiger partial charge in [0.1, 0.15) is 10.7 Å². The standard InChI is InChI=1S/C23H27N3O4S2/c1-5-26(20-9-7-6-8-10-20)32(29,30)22-15-16-23(24-17-22)25(3)18(2)19-11-13-21(14-12-19)31(4,27)28/h6-18H,5H2,1-4H3. The molecule has 0 fully saturated rings. The number of sulfone groups is 1. The third-order valence-electron chi connectivity index (χ3n) is 5.37. The van der Waals surface area contributed by atoms with E-state index in [2.05, 4.69) is 4.98 Å². The van der Waals surface area contributed by atoms with Crippen LogP contribution in [-0.4, -0.2) is 41.7 Å². The number of hydrogen-bond donors (Lipinski definition) is 0. The van der Waals surface area contributed by atoms with Gasteiger partial charge < -0.3 is 4.90 Å². The number of rotatable bonds is 8. The van der Waals surface area contributed by atoms with Crippen LogP contribution in [0.1, 0.15) is 25.5 Å². The van der Waals surface area contributed by atoms with E-state index in [1.807, 2.05) is 24.9 Å². The monoisotopic (exact) mass is 473 g/mol. The van der Waals surface area contributed by atoms with Crippen LogP contribution >= 0.6 is 0 Å². The van der Waals surface area contributed by atoms with Crippen LogP contribution < -0.4 is 9.21 Å². The highest BCUT2D eigenvalue weighted by Gasteiger charge is 2.24. The highest BCUT2D eigenvalue weighted by molar-refractivity contribution is 7.92. The molecule has 0 amide bonds. The fourth-order valence-corrected chi connectivity index (χ4v) is 5.41. The Bertz CT molecular complexity index is 1260. The van der Waals surface area contributed by atoms with Gasteiger partial charge >= 0.3 is 0 Å². The number of para-hydroxylation sites is 1. The average Bonchev–Trinajstić information content (AvgIpc) is 2.79. The fourth-order valence-electron chi connectivity index (χ4n) is 3.36. The second-order valence-corrected chi connectivity index (χ2v) is 11.4. The number of anilines is 2. The summed E-state index contributed by atoms with van der Waals surface area (Å²) in [5, 5.41) is 0. The summed E-state index contributed by atoms with van der Waals surface area (Å²) in [5.41, 5.74) is 1.52. The normalized spacial score (nSPS) is 12.9. The Morgan fingerprint density at radius 3 is 1.97 bits per heavy atom. The van der Waals surface area contributed by atoms with Crippen molar-refractivity contribution in [2.45, 2.75) is 29.7 Å². The molecule has 0 N–H and O–H groups in total. The van der Waals surface area contributed by atoms with E-state index in [1.54, 1.807) is 67.6 Å². The number of hydrogen-bond acceptors (Lipinski definition) is 6. The van der Waals surface area contributed by atoms with Gasteiger partial charge in [0, 0.05) is 26.0 Å². The molecule has 1 unspecified atom stereocenters. The van der Waals surface area contributed by atoms with Crippen LogP contribution in [0.15, 0.2) is 82.7 Å². The first-order valence-corrected chi connectivity index (χ1v) is 13.5. The zero-order valence-electron chi connectivity index (χ0n) is 18.5. The highest BCUT2D eigenvalue weighted by Crippen LogP contribution is 2.27. The van der Waals surface area contributed by atoms with E-state index < -0.39 is 19.9 Å². The van der Waals surface area contributed by atoms with Crippen molar-refractivity contribution >= 4 is 31.4 Å². The molecule has 0 aliphatic carbocycles. The molecule has 0 radical (unpaired) electrons.